The zero-order valence-electron chi connectivity index (χ0n) is 35.0. The van der Waals surface area contributed by atoms with E-state index in [9.17, 15) is 0 Å². The fourth-order valence-electron chi connectivity index (χ4n) is 11.9. The molecule has 7 heterocycles. The molecule has 0 amide bonds. The van der Waals surface area contributed by atoms with E-state index < -0.39 is 21.8 Å². The molecule has 4 aliphatic heterocycles. The maximum atomic E-state index is 6.07. The Kier molecular flexibility index (Phi) is 7.87. The van der Waals surface area contributed by atoms with E-state index in [1.807, 2.05) is 0 Å². The van der Waals surface area contributed by atoms with Gasteiger partial charge in [0.2, 0.25) is 5.54 Å². The highest BCUT2D eigenvalue weighted by molar-refractivity contribution is 5.68. The maximum absolute atomic E-state index is 6.07. The first-order valence-electron chi connectivity index (χ1n) is 22.2. The predicted molar refractivity (Wildman–Crippen MR) is 251 cm³/mol. The molecule has 0 aliphatic carbocycles. The van der Waals surface area contributed by atoms with Gasteiger partial charge >= 0.3 is 0 Å². The molecule has 0 radical (unpaired) electrons. The largest absolute Gasteiger partial charge is 0.292 e. The number of aromatic nitrogens is 3. The molecule has 4 aliphatic rings. The second-order valence-electron chi connectivity index (χ2n) is 17.4. The molecule has 4 atom stereocenters. The molecular formula is C61H41N3. The van der Waals surface area contributed by atoms with Crippen LogP contribution in [-0.4, -0.2) is 9.97 Å². The van der Waals surface area contributed by atoms with Crippen LogP contribution in [-0.2, 0) is 21.8 Å². The third-order valence-electron chi connectivity index (χ3n) is 14.5. The lowest BCUT2D eigenvalue weighted by Crippen LogP contribution is -2.60. The van der Waals surface area contributed by atoms with Crippen LogP contribution in [0.4, 0.5) is 0 Å². The van der Waals surface area contributed by atoms with Gasteiger partial charge in [0.05, 0.1) is 34.1 Å². The van der Waals surface area contributed by atoms with E-state index in [0.717, 1.165) is 84.0 Å². The second kappa shape index (κ2) is 13.7. The summed E-state index contributed by atoms with van der Waals surface area (Å²) < 4.78 is 2.33. The van der Waals surface area contributed by atoms with Crippen molar-refractivity contribution < 1.29 is 4.57 Å². The monoisotopic (exact) mass is 815 g/mol. The average molecular weight is 816 g/mol. The van der Waals surface area contributed by atoms with Crippen LogP contribution in [0.5, 0.6) is 0 Å². The van der Waals surface area contributed by atoms with E-state index in [-0.39, 0.29) is 0 Å². The predicted octanol–water partition coefficient (Wildman–Crippen LogP) is 11.5. The van der Waals surface area contributed by atoms with Crippen LogP contribution in [0, 0.1) is 6.20 Å². The highest BCUT2D eigenvalue weighted by atomic mass is 15.1. The first-order valence-corrected chi connectivity index (χ1v) is 22.2. The minimum absolute atomic E-state index is 0.850. The smallest absolute Gasteiger partial charge is 0.239 e. The summed E-state index contributed by atoms with van der Waals surface area (Å²) in [6, 6.07) is 89.6. The van der Waals surface area contributed by atoms with Gasteiger partial charge in [-0.25, -0.2) is 4.98 Å². The summed E-state index contributed by atoms with van der Waals surface area (Å²) in [5.74, 6) is 0. The highest BCUT2D eigenvalue weighted by Crippen LogP contribution is 2.54. The third kappa shape index (κ3) is 4.68. The van der Waals surface area contributed by atoms with Gasteiger partial charge in [-0.1, -0.05) is 206 Å². The van der Waals surface area contributed by atoms with Crippen LogP contribution < -0.4 is 4.57 Å². The molecule has 3 aromatic heterocycles. The van der Waals surface area contributed by atoms with Crippen LogP contribution in [0.2, 0.25) is 0 Å². The zero-order valence-corrected chi connectivity index (χ0v) is 35.0. The first kappa shape index (κ1) is 36.6. The summed E-state index contributed by atoms with van der Waals surface area (Å²) in [5, 5.41) is 0. The summed E-state index contributed by atoms with van der Waals surface area (Å²) in [5.41, 5.74) is 12.0. The number of rotatable bonds is 4. The lowest BCUT2D eigenvalue weighted by atomic mass is 9.60. The van der Waals surface area contributed by atoms with Gasteiger partial charge in [0.15, 0.2) is 0 Å². The zero-order chi connectivity index (χ0) is 42.4. The highest BCUT2D eigenvalue weighted by Gasteiger charge is 2.52. The minimum Gasteiger partial charge on any atom is -0.292 e. The van der Waals surface area contributed by atoms with Crippen molar-refractivity contribution in [2.24, 2.45) is 0 Å². The summed E-state index contributed by atoms with van der Waals surface area (Å²) in [6.45, 7) is 0. The molecular weight excluding hydrogens is 775 g/mol. The molecule has 0 saturated heterocycles. The molecule has 300 valence electrons. The molecule has 14 rings (SSSR count). The van der Waals surface area contributed by atoms with E-state index in [2.05, 4.69) is 260 Å². The summed E-state index contributed by atoms with van der Waals surface area (Å²) in [6.07, 6.45) is 6.40. The Bertz CT molecular complexity index is 2730. The molecule has 0 fully saturated rings. The fourth-order valence-corrected chi connectivity index (χ4v) is 11.9. The lowest BCUT2D eigenvalue weighted by molar-refractivity contribution is -0.739. The van der Waals surface area contributed by atoms with Gasteiger partial charge in [0, 0.05) is 11.1 Å². The molecule has 64 heavy (non-hydrogen) atoms. The molecule has 3 nitrogen and oxygen atoms in total. The number of hydrogen-bond acceptors (Lipinski definition) is 2. The normalized spacial score (nSPS) is 22.0. The topological polar surface area (TPSA) is 29.7 Å². The lowest BCUT2D eigenvalue weighted by Gasteiger charge is -2.45. The summed E-state index contributed by atoms with van der Waals surface area (Å²) in [7, 11) is 0. The van der Waals surface area contributed by atoms with Gasteiger partial charge in [-0.05, 0) is 74.8 Å². The molecule has 7 aromatic carbocycles. The van der Waals surface area contributed by atoms with Gasteiger partial charge in [-0.2, -0.15) is 6.07 Å². The second-order valence-corrected chi connectivity index (χ2v) is 17.4. The van der Waals surface area contributed by atoms with E-state index in [0.29, 0.717) is 0 Å². The van der Waals surface area contributed by atoms with Crippen molar-refractivity contribution >= 4 is 0 Å². The van der Waals surface area contributed by atoms with Crippen LogP contribution in [0.25, 0.3) is 0 Å². The molecule has 0 N–H and O–H groups in total. The van der Waals surface area contributed by atoms with Gasteiger partial charge < -0.3 is 0 Å². The van der Waals surface area contributed by atoms with Crippen LogP contribution in [0.15, 0.2) is 249 Å². The Morgan fingerprint density at radius 1 is 0.281 bits per heavy atom. The minimum atomic E-state index is -1.00. The number of benzene rings is 7. The molecule has 0 spiro atoms. The molecule has 10 aromatic rings. The van der Waals surface area contributed by atoms with Crippen molar-refractivity contribution in [2.45, 2.75) is 21.8 Å². The van der Waals surface area contributed by atoms with Crippen molar-refractivity contribution in [1.82, 2.24) is 9.97 Å². The van der Waals surface area contributed by atoms with Crippen LogP contribution in [0.3, 0.4) is 0 Å². The summed E-state index contributed by atoms with van der Waals surface area (Å²) in [4.78, 5) is 12.1. The van der Waals surface area contributed by atoms with Gasteiger partial charge in [-0.15, -0.1) is 6.07 Å². The van der Waals surface area contributed by atoms with E-state index >= 15 is 0 Å². The Morgan fingerprint density at radius 3 is 1.19 bits per heavy atom. The SMILES string of the molecule is [c-]1c2ccc[n+]1C1(c3ccccc3)c3cccc(c3)C3(c4ccccc4)c4cccc(c4)C2(c2ccccc2)c2cccc(c2)C(c2ccccc2)(c2cccc3n2)c2cccc1n2. The molecule has 0 saturated carbocycles. The van der Waals surface area contributed by atoms with Crippen molar-refractivity contribution in [2.75, 3.05) is 0 Å². The number of pyridine rings is 3. The van der Waals surface area contributed by atoms with Gasteiger partial charge in [-0.3, -0.25) is 9.55 Å². The Morgan fingerprint density at radius 2 is 0.641 bits per heavy atom. The fraction of sp³-hybridized carbons (Fsp3) is 0.0656. The van der Waals surface area contributed by atoms with E-state index in [1.54, 1.807) is 0 Å². The van der Waals surface area contributed by atoms with Gasteiger partial charge in [0.1, 0.15) is 17.3 Å². The standard InChI is InChI=1S/C61H41N3/c1-5-19-43(20-6-1)58-47-27-13-29-49(39-47)59(44-21-7-2-8-22-44)50-30-15-32-52(41-50)61(46-25-11-4-12-26-46,64-38-18-33-53(58)42-64)57-37-17-36-56(63-57)60(45-23-9-3-10-24-45,51-31-14-28-48(58)40-51)55-35-16-34-54(59)62-55/h1-41H. The van der Waals surface area contributed by atoms with Crippen LogP contribution >= 0.6 is 0 Å². The Labute approximate surface area is 373 Å². The Balaban J connectivity index is 1.40. The van der Waals surface area contributed by atoms with Crippen molar-refractivity contribution in [1.29, 1.82) is 0 Å². The van der Waals surface area contributed by atoms with E-state index in [1.165, 1.54) is 0 Å². The van der Waals surface area contributed by atoms with Crippen LogP contribution in [0.1, 0.15) is 84.0 Å². The van der Waals surface area contributed by atoms with Gasteiger partial charge in [0.25, 0.3) is 0 Å². The molecule has 3 heteroatoms. The molecule has 4 unspecified atom stereocenters. The third-order valence-corrected chi connectivity index (χ3v) is 14.5. The average Bonchev–Trinajstić information content (AvgIpc) is 3.37. The number of nitrogens with zero attached hydrogens (tertiary/aromatic N) is 3. The van der Waals surface area contributed by atoms with Crippen molar-refractivity contribution in [3.05, 3.63) is 339 Å². The number of hydrogen-bond donors (Lipinski definition) is 0. The first-order chi connectivity index (χ1) is 31.7. The van der Waals surface area contributed by atoms with Crippen molar-refractivity contribution in [3.63, 3.8) is 0 Å². The molecule has 16 bridgehead atoms. The maximum Gasteiger partial charge on any atom is 0.239 e. The van der Waals surface area contributed by atoms with E-state index in [4.69, 9.17) is 9.97 Å². The Hall–Kier alpha value is -8.01. The van der Waals surface area contributed by atoms with Crippen molar-refractivity contribution in [3.8, 4) is 0 Å². The quantitative estimate of drug-likeness (QED) is 0.131. The summed E-state index contributed by atoms with van der Waals surface area (Å²) >= 11 is 0.